The number of carbonyl (C=O) groups excluding carboxylic acids is 3. The number of hydrogen-bond donors (Lipinski definition) is 4. The molecule has 5 N–H and O–H groups in total. The molecule has 288 valence electrons. The molecule has 5 rings (SSSR count). The third-order valence-corrected chi connectivity index (χ3v) is 8.70. The first kappa shape index (κ1) is 40.9. The fraction of sp³-hybridized carbons (Fsp3) is 0.405. The fourth-order valence-corrected chi connectivity index (χ4v) is 6.02. The molecule has 14 nitrogen and oxygen atoms in total. The van der Waals surface area contributed by atoms with Gasteiger partial charge in [0.15, 0.2) is 0 Å². The summed E-state index contributed by atoms with van der Waals surface area (Å²) in [5.74, 6) is -3.16. The predicted molar refractivity (Wildman–Crippen MR) is 192 cm³/mol. The largest absolute Gasteiger partial charge is 0.490 e. The minimum absolute atomic E-state index is 0.151. The number of nitrogens with zero attached hydrogens (tertiary/aromatic N) is 5. The first-order chi connectivity index (χ1) is 25.4. The summed E-state index contributed by atoms with van der Waals surface area (Å²) in [7, 11) is 0. The Kier molecular flexibility index (Phi) is 13.5. The number of alkyl halides is 3. The van der Waals surface area contributed by atoms with Gasteiger partial charge in [0.05, 0.1) is 0 Å². The average molecular weight is 753 g/mol. The summed E-state index contributed by atoms with van der Waals surface area (Å²) in [5.41, 5.74) is 10.6. The Balaban J connectivity index is 0.000000845. The number of tetrazole rings is 1. The zero-order valence-corrected chi connectivity index (χ0v) is 30.3. The maximum absolute atomic E-state index is 14.3. The average Bonchev–Trinajstić information content (AvgIpc) is 3.66. The molecule has 0 aliphatic heterocycles. The third kappa shape index (κ3) is 11.6. The monoisotopic (exact) mass is 752 g/mol. The number of aromatic nitrogens is 5. The number of rotatable bonds is 10. The maximum Gasteiger partial charge on any atom is 0.490 e. The van der Waals surface area contributed by atoms with Gasteiger partial charge < -0.3 is 20.9 Å². The maximum atomic E-state index is 14.3. The van der Waals surface area contributed by atoms with E-state index in [4.69, 9.17) is 20.4 Å². The van der Waals surface area contributed by atoms with Crippen LogP contribution in [0.4, 0.5) is 23.7 Å². The number of primary amides is 1. The quantitative estimate of drug-likeness (QED) is 0.157. The highest BCUT2D eigenvalue weighted by atomic mass is 19.4. The number of aliphatic carboxylic acids is 1. The summed E-state index contributed by atoms with van der Waals surface area (Å²) in [4.78, 5) is 54.5. The number of pyridine rings is 1. The van der Waals surface area contributed by atoms with E-state index in [1.807, 2.05) is 64.1 Å². The molecule has 0 unspecified atom stereocenters. The molecule has 1 atom stereocenters. The van der Waals surface area contributed by atoms with Gasteiger partial charge in [-0.1, -0.05) is 30.3 Å². The van der Waals surface area contributed by atoms with Gasteiger partial charge in [-0.05, 0) is 106 Å². The van der Waals surface area contributed by atoms with Crippen LogP contribution in [0.25, 0.3) is 22.5 Å². The minimum Gasteiger partial charge on any atom is -0.475 e. The van der Waals surface area contributed by atoms with E-state index < -0.39 is 35.8 Å². The molecule has 1 aliphatic carbocycles. The second-order valence-corrected chi connectivity index (χ2v) is 13.8. The van der Waals surface area contributed by atoms with Gasteiger partial charge in [-0.25, -0.2) is 9.59 Å². The van der Waals surface area contributed by atoms with Crippen LogP contribution in [0.3, 0.4) is 0 Å². The van der Waals surface area contributed by atoms with Crippen molar-refractivity contribution in [1.82, 2.24) is 30.9 Å². The number of nitrogens with two attached hydrogens (primary N) is 1. The molecule has 0 saturated heterocycles. The van der Waals surface area contributed by atoms with Crippen LogP contribution in [0.5, 0.6) is 0 Å². The molecule has 2 aromatic heterocycles. The Hall–Kier alpha value is -5.87. The van der Waals surface area contributed by atoms with Crippen LogP contribution < -0.4 is 16.0 Å². The Labute approximate surface area is 309 Å². The molecule has 1 saturated carbocycles. The highest BCUT2D eigenvalue weighted by molar-refractivity contribution is 6.01. The number of ether oxygens (including phenoxy) is 1. The van der Waals surface area contributed by atoms with Gasteiger partial charge in [0, 0.05) is 47.6 Å². The van der Waals surface area contributed by atoms with Crippen molar-refractivity contribution in [2.45, 2.75) is 77.6 Å². The zero-order chi connectivity index (χ0) is 39.6. The molecule has 0 radical (unpaired) electrons. The predicted octanol–water partition coefficient (Wildman–Crippen LogP) is 5.63. The summed E-state index contributed by atoms with van der Waals surface area (Å²) in [6.07, 6.45) is -0.754. The molecule has 17 heteroatoms. The summed E-state index contributed by atoms with van der Waals surface area (Å²) in [5, 5.41) is 24.1. The van der Waals surface area contributed by atoms with Crippen LogP contribution in [0.1, 0.15) is 57.7 Å². The first-order valence-corrected chi connectivity index (χ1v) is 17.2. The molecule has 54 heavy (non-hydrogen) atoms. The number of aromatic amines is 1. The number of nitrogens with one attached hydrogen (secondary N) is 2. The van der Waals surface area contributed by atoms with E-state index in [2.05, 4.69) is 30.9 Å². The lowest BCUT2D eigenvalue weighted by Crippen LogP contribution is -2.52. The van der Waals surface area contributed by atoms with Crippen molar-refractivity contribution in [2.75, 3.05) is 11.4 Å². The smallest absolute Gasteiger partial charge is 0.475 e. The number of carbonyl (C=O) groups is 4. The van der Waals surface area contributed by atoms with Gasteiger partial charge >= 0.3 is 18.2 Å². The van der Waals surface area contributed by atoms with Crippen LogP contribution in [0.2, 0.25) is 0 Å². The lowest BCUT2D eigenvalue weighted by atomic mass is 9.81. The number of amides is 3. The van der Waals surface area contributed by atoms with Crippen molar-refractivity contribution in [2.24, 2.45) is 17.6 Å². The van der Waals surface area contributed by atoms with E-state index in [0.717, 1.165) is 35.2 Å². The van der Waals surface area contributed by atoms with Crippen LogP contribution in [-0.4, -0.2) is 79.0 Å². The van der Waals surface area contributed by atoms with E-state index in [1.54, 1.807) is 35.4 Å². The molecule has 2 heterocycles. The highest BCUT2D eigenvalue weighted by Gasteiger charge is 2.38. The number of carboxylic acids is 1. The van der Waals surface area contributed by atoms with Crippen molar-refractivity contribution in [1.29, 1.82) is 0 Å². The molecule has 0 bridgehead atoms. The van der Waals surface area contributed by atoms with Gasteiger partial charge in [-0.3, -0.25) is 19.5 Å². The first-order valence-electron chi connectivity index (χ1n) is 17.2. The fourth-order valence-electron chi connectivity index (χ4n) is 6.02. The Morgan fingerprint density at radius 1 is 0.981 bits per heavy atom. The van der Waals surface area contributed by atoms with Crippen LogP contribution in [0.15, 0.2) is 66.9 Å². The topological polar surface area (TPSA) is 206 Å². The van der Waals surface area contributed by atoms with Gasteiger partial charge in [-0.15, -0.1) is 10.2 Å². The van der Waals surface area contributed by atoms with Gasteiger partial charge in [-0.2, -0.15) is 18.4 Å². The summed E-state index contributed by atoms with van der Waals surface area (Å²) in [6, 6.07) is 18.1. The number of aryl methyl sites for hydroxylation is 1. The van der Waals surface area contributed by atoms with Gasteiger partial charge in [0.25, 0.3) is 0 Å². The number of carboxylic acid groups (broad SMARTS) is 1. The van der Waals surface area contributed by atoms with Crippen molar-refractivity contribution < 1.29 is 42.2 Å². The number of alkyl carbamates (subject to hydrolysis) is 1. The van der Waals surface area contributed by atoms with E-state index in [9.17, 15) is 27.6 Å². The zero-order valence-electron chi connectivity index (χ0n) is 30.3. The SMILES string of the molecule is Cc1ncccc1-c1ccc(C[C@@H](C(N)=O)N(C(=O)C2CCC(CNC(=O)OC(C)(C)C)CC2)c2ccc(-c3nn[nH]n3)cc2)cc1.O=C(O)C(F)(F)F. The van der Waals surface area contributed by atoms with E-state index in [-0.39, 0.29) is 24.2 Å². The van der Waals surface area contributed by atoms with Crippen molar-refractivity contribution in [3.63, 3.8) is 0 Å². The normalized spacial score (nSPS) is 16.3. The molecule has 2 aromatic carbocycles. The summed E-state index contributed by atoms with van der Waals surface area (Å²) >= 11 is 0. The molecule has 0 spiro atoms. The number of hydrogen-bond acceptors (Lipinski definition) is 9. The molecule has 4 aromatic rings. The van der Waals surface area contributed by atoms with E-state index in [1.165, 1.54) is 0 Å². The van der Waals surface area contributed by atoms with Crippen LogP contribution in [-0.2, 0) is 25.5 Å². The Bertz CT molecular complexity index is 1870. The van der Waals surface area contributed by atoms with Crippen molar-refractivity contribution >= 4 is 29.6 Å². The van der Waals surface area contributed by atoms with Gasteiger partial charge in [0.1, 0.15) is 11.6 Å². The Morgan fingerprint density at radius 2 is 1.59 bits per heavy atom. The standard InChI is InChI=1S/C35H42N8O4.C2HF3O2/c1-22-29(6-5-19-37-22)25-11-7-23(8-12-25)20-30(31(36)44)43(28-17-15-26(16-18-28)32-39-41-42-40-32)33(45)27-13-9-24(10-14-27)21-38-34(46)47-35(2,3)4;3-2(4,5)1(6)7/h5-8,11-12,15-19,24,27,30H,9-10,13-14,20-21H2,1-4H3,(H2,36,44)(H,38,46)(H,39,40,41,42);(H,6,7)/t24?,27?,30-;/m0./s1. The van der Waals surface area contributed by atoms with Crippen LogP contribution >= 0.6 is 0 Å². The minimum atomic E-state index is -5.08. The third-order valence-electron chi connectivity index (χ3n) is 8.70. The highest BCUT2D eigenvalue weighted by Crippen LogP contribution is 2.33. The number of anilines is 1. The summed E-state index contributed by atoms with van der Waals surface area (Å²) in [6.45, 7) is 7.92. The van der Waals surface area contributed by atoms with Gasteiger partial charge in [0.2, 0.25) is 17.6 Å². The molecule has 1 aliphatic rings. The molecule has 1 fully saturated rings. The van der Waals surface area contributed by atoms with Crippen LogP contribution in [0, 0.1) is 18.8 Å². The van der Waals surface area contributed by atoms with Crippen molar-refractivity contribution in [3.8, 4) is 22.5 Å². The lowest BCUT2D eigenvalue weighted by molar-refractivity contribution is -0.192. The number of benzene rings is 2. The summed E-state index contributed by atoms with van der Waals surface area (Å²) < 4.78 is 37.1. The number of halogens is 3. The van der Waals surface area contributed by atoms with E-state index >= 15 is 0 Å². The number of H-pyrrole nitrogens is 1. The van der Waals surface area contributed by atoms with Crippen molar-refractivity contribution in [3.05, 3.63) is 78.1 Å². The second kappa shape index (κ2) is 17.8. The van der Waals surface area contributed by atoms with E-state index in [0.29, 0.717) is 36.5 Å². The molecular formula is C37H43F3N8O6. The molecule has 3 amide bonds. The Morgan fingerprint density at radius 3 is 2.11 bits per heavy atom. The lowest BCUT2D eigenvalue weighted by Gasteiger charge is -2.36. The molecular weight excluding hydrogens is 709 g/mol. The second-order valence-electron chi connectivity index (χ2n) is 13.8.